The number of hydrogen-bond donors (Lipinski definition) is 0. The fourth-order valence-electron chi connectivity index (χ4n) is 0.658. The number of nitrogens with zero attached hydrogens (tertiary/aromatic N) is 6. The zero-order valence-corrected chi connectivity index (χ0v) is 7.41. The molecule has 0 aromatic heterocycles. The van der Waals surface area contributed by atoms with E-state index in [-0.39, 0.29) is 0 Å². The molecular weight excluding hydrogens is 192 g/mol. The van der Waals surface area contributed by atoms with E-state index in [1.165, 1.54) is 0 Å². The summed E-state index contributed by atoms with van der Waals surface area (Å²) in [5.74, 6) is -2.14. The molecule has 0 saturated carbocycles. The summed E-state index contributed by atoms with van der Waals surface area (Å²) >= 11 is 0. The van der Waals surface area contributed by atoms with E-state index in [0.29, 0.717) is 0 Å². The molecule has 0 N–H and O–H groups in total. The lowest BCUT2D eigenvalue weighted by Gasteiger charge is -2.15. The molecule has 74 valence electrons. The van der Waals surface area contributed by atoms with Gasteiger partial charge in [0.05, 0.1) is 7.11 Å². The Morgan fingerprint density at radius 3 is 1.93 bits per heavy atom. The summed E-state index contributed by atoms with van der Waals surface area (Å²) in [5, 5.41) is 5.70. The predicted molar refractivity (Wildman–Crippen MR) is 43.7 cm³/mol. The smallest absolute Gasteiger partial charge is 0.331 e. The van der Waals surface area contributed by atoms with Gasteiger partial charge in [-0.2, -0.15) is 0 Å². The molecule has 14 heavy (non-hydrogen) atoms. The zero-order chi connectivity index (χ0) is 11.2. The Balaban J connectivity index is 5.60. The third-order valence-electron chi connectivity index (χ3n) is 1.34. The predicted octanol–water partition coefficient (Wildman–Crippen LogP) is 1.07. The van der Waals surface area contributed by atoms with E-state index in [0.717, 1.165) is 14.0 Å². The fraction of sp³-hybridized carbons (Fsp3) is 0.600. The minimum atomic E-state index is -2.47. The van der Waals surface area contributed by atoms with Gasteiger partial charge in [0.1, 0.15) is 0 Å². The summed E-state index contributed by atoms with van der Waals surface area (Å²) in [5.41, 5.74) is 13.8. The molecule has 0 saturated heterocycles. The van der Waals surface area contributed by atoms with Crippen LogP contribution in [0.5, 0.6) is 0 Å². The van der Waals surface area contributed by atoms with Gasteiger partial charge in [-0.15, -0.1) is 0 Å². The van der Waals surface area contributed by atoms with Gasteiger partial charge in [-0.3, -0.25) is 9.59 Å². The highest BCUT2D eigenvalue weighted by atomic mass is 16.5. The molecule has 0 fully saturated rings. The molecule has 0 radical (unpaired) electrons. The lowest BCUT2D eigenvalue weighted by atomic mass is 10.1. The number of azide groups is 1. The van der Waals surface area contributed by atoms with Crippen molar-refractivity contribution in [3.63, 3.8) is 0 Å². The Morgan fingerprint density at radius 1 is 1.29 bits per heavy atom. The number of carbonyl (C=O) groups is 2. The van der Waals surface area contributed by atoms with Crippen molar-refractivity contribution in [3.8, 4) is 0 Å². The molecule has 0 spiro atoms. The molecule has 0 unspecified atom stereocenters. The van der Waals surface area contributed by atoms with Gasteiger partial charge in [-0.1, -0.05) is 10.2 Å². The van der Waals surface area contributed by atoms with Crippen LogP contribution in [0.25, 0.3) is 20.9 Å². The zero-order valence-electron chi connectivity index (χ0n) is 7.41. The van der Waals surface area contributed by atoms with Crippen LogP contribution in [0, 0.1) is 0 Å². The summed E-state index contributed by atoms with van der Waals surface area (Å²) in [4.78, 5) is 26.6. The Hall–Kier alpha value is -2.24. The number of hydrogen-bond acceptors (Lipinski definition) is 5. The maximum absolute atomic E-state index is 11.1. The van der Waals surface area contributed by atoms with Gasteiger partial charge in [-0.05, 0) is 18.0 Å². The second-order valence-corrected chi connectivity index (χ2v) is 2.10. The van der Waals surface area contributed by atoms with Crippen molar-refractivity contribution in [1.29, 1.82) is 0 Å². The second-order valence-electron chi connectivity index (χ2n) is 2.10. The van der Waals surface area contributed by atoms with Gasteiger partial charge in [0.15, 0.2) is 5.78 Å². The van der Waals surface area contributed by atoms with Crippen LogP contribution < -0.4 is 0 Å². The Kier molecular flexibility index (Phi) is 3.95. The van der Waals surface area contributed by atoms with Crippen LogP contribution in [0.15, 0.2) is 10.2 Å². The van der Waals surface area contributed by atoms with E-state index >= 15 is 0 Å². The number of esters is 1. The van der Waals surface area contributed by atoms with Crippen molar-refractivity contribution < 1.29 is 14.3 Å². The summed E-state index contributed by atoms with van der Waals surface area (Å²) < 4.78 is 4.19. The average Bonchev–Trinajstić information content (AvgIpc) is 2.15. The van der Waals surface area contributed by atoms with Gasteiger partial charge in [0.25, 0.3) is 5.66 Å². The molecule has 0 aromatic rings. The van der Waals surface area contributed by atoms with Crippen LogP contribution in [-0.2, 0) is 14.3 Å². The highest BCUT2D eigenvalue weighted by molar-refractivity contribution is 6.07. The molecule has 0 heterocycles. The Bertz CT molecular complexity index is 327. The van der Waals surface area contributed by atoms with Gasteiger partial charge in [-0.25, -0.2) is 0 Å². The second kappa shape index (κ2) is 4.70. The minimum absolute atomic E-state index is 0.917. The van der Waals surface area contributed by atoms with Gasteiger partial charge in [0, 0.05) is 9.82 Å². The number of ketones is 1. The molecular formula is C5H6N6O3. The molecule has 0 rings (SSSR count). The first kappa shape index (κ1) is 11.8. The van der Waals surface area contributed by atoms with Crippen molar-refractivity contribution in [2.75, 3.05) is 7.11 Å². The maximum Gasteiger partial charge on any atom is 0.331 e. The largest absolute Gasteiger partial charge is 0.468 e. The molecule has 0 aliphatic rings. The third kappa shape index (κ3) is 1.92. The first-order chi connectivity index (χ1) is 6.55. The van der Waals surface area contributed by atoms with Gasteiger partial charge >= 0.3 is 5.97 Å². The standard InChI is InChI=1S/C5H6N6O3/c1-3(12)5(8-10-6,9-11-7)4(13)14-2/h1-2H3. The number of methoxy groups -OCH3 is 1. The van der Waals surface area contributed by atoms with E-state index in [2.05, 4.69) is 24.8 Å². The summed E-state index contributed by atoms with van der Waals surface area (Å²) in [6, 6.07) is 0. The van der Waals surface area contributed by atoms with Crippen molar-refractivity contribution in [3.05, 3.63) is 20.9 Å². The highest BCUT2D eigenvalue weighted by Gasteiger charge is 2.43. The molecule has 0 aliphatic heterocycles. The first-order valence-electron chi connectivity index (χ1n) is 3.27. The molecule has 0 atom stereocenters. The topological polar surface area (TPSA) is 141 Å². The summed E-state index contributed by atoms with van der Waals surface area (Å²) in [6.07, 6.45) is 0. The van der Waals surface area contributed by atoms with E-state index < -0.39 is 17.4 Å². The summed E-state index contributed by atoms with van der Waals surface area (Å²) in [6.45, 7) is 0.945. The van der Waals surface area contributed by atoms with Gasteiger partial charge < -0.3 is 4.74 Å². The van der Waals surface area contributed by atoms with E-state index in [1.54, 1.807) is 0 Å². The Morgan fingerprint density at radius 2 is 1.71 bits per heavy atom. The lowest BCUT2D eigenvalue weighted by Crippen LogP contribution is -2.41. The number of ether oxygens (including phenoxy) is 1. The number of rotatable bonds is 4. The fourth-order valence-corrected chi connectivity index (χ4v) is 0.658. The van der Waals surface area contributed by atoms with Crippen molar-refractivity contribution in [2.24, 2.45) is 10.2 Å². The lowest BCUT2D eigenvalue weighted by molar-refractivity contribution is -0.150. The third-order valence-corrected chi connectivity index (χ3v) is 1.34. The minimum Gasteiger partial charge on any atom is -0.468 e. The van der Waals surface area contributed by atoms with Crippen LogP contribution >= 0.6 is 0 Å². The molecule has 0 aromatic carbocycles. The Labute approximate surface area is 77.9 Å². The molecule has 0 amide bonds. The summed E-state index contributed by atoms with van der Waals surface area (Å²) in [7, 11) is 0.972. The van der Waals surface area contributed by atoms with Crippen molar-refractivity contribution >= 4 is 11.8 Å². The first-order valence-corrected chi connectivity index (χ1v) is 3.27. The van der Waals surface area contributed by atoms with Crippen LogP contribution in [0.4, 0.5) is 0 Å². The quantitative estimate of drug-likeness (QED) is 0.219. The van der Waals surface area contributed by atoms with Crippen molar-refractivity contribution in [1.82, 2.24) is 0 Å². The molecule has 9 heteroatoms. The SMILES string of the molecule is COC(=O)C(N=[N+]=[N-])(N=[N+]=[N-])C(C)=O. The monoisotopic (exact) mass is 198 g/mol. The normalized spacial score (nSPS) is 12.7. The van der Waals surface area contributed by atoms with E-state index in [1.807, 2.05) is 0 Å². The van der Waals surface area contributed by atoms with Gasteiger partial charge in [0.2, 0.25) is 0 Å². The number of carbonyl (C=O) groups excluding carboxylic acids is 2. The van der Waals surface area contributed by atoms with E-state index in [9.17, 15) is 9.59 Å². The molecule has 9 nitrogen and oxygen atoms in total. The van der Waals surface area contributed by atoms with Crippen LogP contribution in [0.3, 0.4) is 0 Å². The number of Topliss-reactive ketones (excluding diaryl/α,β-unsaturated/α-hetero) is 1. The highest BCUT2D eigenvalue weighted by Crippen LogP contribution is 2.17. The van der Waals surface area contributed by atoms with E-state index in [4.69, 9.17) is 11.1 Å². The average molecular weight is 198 g/mol. The van der Waals surface area contributed by atoms with Crippen LogP contribution in [-0.4, -0.2) is 24.5 Å². The van der Waals surface area contributed by atoms with Crippen molar-refractivity contribution in [2.45, 2.75) is 12.6 Å². The van der Waals surface area contributed by atoms with Crippen LogP contribution in [0.1, 0.15) is 6.92 Å². The maximum atomic E-state index is 11.1. The molecule has 0 aliphatic carbocycles. The molecule has 0 bridgehead atoms. The van der Waals surface area contributed by atoms with Crippen LogP contribution in [0.2, 0.25) is 0 Å².